The van der Waals surface area contributed by atoms with Crippen LogP contribution in [0.4, 0.5) is 5.69 Å². The largest absolute Gasteiger partial charge is 0.350 e. The minimum atomic E-state index is -3.51. The molecule has 0 radical (unpaired) electrons. The molecule has 1 N–H and O–H groups in total. The highest BCUT2D eigenvalue weighted by atomic mass is 32.2. The third kappa shape index (κ3) is 9.02. The van der Waals surface area contributed by atoms with Crippen molar-refractivity contribution in [2.24, 2.45) is 0 Å². The molecule has 0 saturated heterocycles. The molecule has 192 valence electrons. The highest BCUT2D eigenvalue weighted by Gasteiger charge is 2.30. The number of nitrogens with zero attached hydrogens (tertiary/aromatic N) is 2. The van der Waals surface area contributed by atoms with Crippen LogP contribution in [-0.2, 0) is 26.2 Å². The van der Waals surface area contributed by atoms with Crippen molar-refractivity contribution in [2.45, 2.75) is 72.0 Å². The zero-order chi connectivity index (χ0) is 26.2. The van der Waals surface area contributed by atoms with E-state index in [1.807, 2.05) is 77.1 Å². The van der Waals surface area contributed by atoms with Gasteiger partial charge in [0, 0.05) is 25.0 Å². The Morgan fingerprint density at radius 1 is 1.00 bits per heavy atom. The van der Waals surface area contributed by atoms with Crippen molar-refractivity contribution in [3.05, 3.63) is 65.7 Å². The number of amides is 2. The van der Waals surface area contributed by atoms with Gasteiger partial charge in [-0.2, -0.15) is 0 Å². The maximum atomic E-state index is 13.4. The van der Waals surface area contributed by atoms with Gasteiger partial charge in [0.25, 0.3) is 0 Å². The lowest BCUT2D eigenvalue weighted by atomic mass is 10.0. The third-order valence-electron chi connectivity index (χ3n) is 5.55. The summed E-state index contributed by atoms with van der Waals surface area (Å²) in [6.45, 7) is 10.0. The van der Waals surface area contributed by atoms with Gasteiger partial charge >= 0.3 is 0 Å². The molecule has 2 aromatic rings. The van der Waals surface area contributed by atoms with Crippen LogP contribution in [0.2, 0.25) is 0 Å². The van der Waals surface area contributed by atoms with Gasteiger partial charge < -0.3 is 10.2 Å². The van der Waals surface area contributed by atoms with E-state index in [2.05, 4.69) is 5.32 Å². The van der Waals surface area contributed by atoms with Crippen LogP contribution in [0.5, 0.6) is 0 Å². The van der Waals surface area contributed by atoms with Crippen molar-refractivity contribution in [1.82, 2.24) is 10.2 Å². The van der Waals surface area contributed by atoms with Gasteiger partial charge in [-0.05, 0) is 58.2 Å². The van der Waals surface area contributed by atoms with Gasteiger partial charge in [-0.25, -0.2) is 8.42 Å². The number of rotatable bonds is 11. The van der Waals surface area contributed by atoms with Crippen LogP contribution in [0.1, 0.15) is 58.1 Å². The number of aryl methyl sites for hydroxylation is 1. The quantitative estimate of drug-likeness (QED) is 0.498. The highest BCUT2D eigenvalue weighted by Crippen LogP contribution is 2.20. The lowest BCUT2D eigenvalue weighted by Gasteiger charge is -2.33. The standard InChI is InChI=1S/C27H39N3O4S/c1-7-24(26(32)28-27(3,4)5)29(20-22-12-9-8-10-13-22)25(31)14-11-19-30(35(6,33)34)23-17-15-21(2)16-18-23/h8-10,12-13,15-18,24H,7,11,14,19-20H2,1-6H3,(H,28,32). The monoisotopic (exact) mass is 501 g/mol. The predicted molar refractivity (Wildman–Crippen MR) is 142 cm³/mol. The first-order valence-electron chi connectivity index (χ1n) is 12.0. The van der Waals surface area contributed by atoms with Crippen molar-refractivity contribution < 1.29 is 18.0 Å². The lowest BCUT2D eigenvalue weighted by Crippen LogP contribution is -2.53. The molecule has 0 bridgehead atoms. The maximum Gasteiger partial charge on any atom is 0.243 e. The summed E-state index contributed by atoms with van der Waals surface area (Å²) in [5.74, 6) is -0.371. The first kappa shape index (κ1) is 28.4. The van der Waals surface area contributed by atoms with Crippen LogP contribution in [0.25, 0.3) is 0 Å². The fourth-order valence-electron chi connectivity index (χ4n) is 3.87. The van der Waals surface area contributed by atoms with E-state index in [1.54, 1.807) is 17.0 Å². The van der Waals surface area contributed by atoms with Crippen LogP contribution in [-0.4, -0.2) is 49.5 Å². The van der Waals surface area contributed by atoms with E-state index in [0.717, 1.165) is 11.1 Å². The minimum absolute atomic E-state index is 0.129. The normalized spacial score (nSPS) is 12.6. The van der Waals surface area contributed by atoms with E-state index in [-0.39, 0.29) is 24.8 Å². The van der Waals surface area contributed by atoms with Gasteiger partial charge in [-0.15, -0.1) is 0 Å². The van der Waals surface area contributed by atoms with Crippen LogP contribution in [0.3, 0.4) is 0 Å². The Morgan fingerprint density at radius 3 is 2.11 bits per heavy atom. The Hall–Kier alpha value is -2.87. The Morgan fingerprint density at radius 2 is 1.60 bits per heavy atom. The first-order chi connectivity index (χ1) is 16.3. The fourth-order valence-corrected chi connectivity index (χ4v) is 4.83. The highest BCUT2D eigenvalue weighted by molar-refractivity contribution is 7.92. The molecule has 8 heteroatoms. The predicted octanol–water partition coefficient (Wildman–Crippen LogP) is 4.26. The molecule has 2 amide bonds. The molecule has 7 nitrogen and oxygen atoms in total. The van der Waals surface area contributed by atoms with E-state index in [0.29, 0.717) is 25.1 Å². The number of nitrogens with one attached hydrogen (secondary N) is 1. The lowest BCUT2D eigenvalue weighted by molar-refractivity contribution is -0.142. The van der Waals surface area contributed by atoms with Crippen molar-refractivity contribution in [3.8, 4) is 0 Å². The number of carbonyl (C=O) groups excluding carboxylic acids is 2. The molecule has 1 atom stereocenters. The molecule has 0 spiro atoms. The Labute approximate surface area is 210 Å². The molecule has 0 aromatic heterocycles. The summed E-state index contributed by atoms with van der Waals surface area (Å²) in [7, 11) is -3.51. The van der Waals surface area contributed by atoms with E-state index in [4.69, 9.17) is 0 Å². The van der Waals surface area contributed by atoms with Crippen LogP contribution >= 0.6 is 0 Å². The van der Waals surface area contributed by atoms with Gasteiger partial charge in [-0.3, -0.25) is 13.9 Å². The van der Waals surface area contributed by atoms with Crippen LogP contribution < -0.4 is 9.62 Å². The Kier molecular flexibility index (Phi) is 9.89. The molecule has 0 fully saturated rings. The minimum Gasteiger partial charge on any atom is -0.350 e. The first-order valence-corrected chi connectivity index (χ1v) is 13.9. The SMILES string of the molecule is CCC(C(=O)NC(C)(C)C)N(Cc1ccccc1)C(=O)CCCN(c1ccc(C)cc1)S(C)(=O)=O. The zero-order valence-corrected chi connectivity index (χ0v) is 22.6. The topological polar surface area (TPSA) is 86.8 Å². The second kappa shape index (κ2) is 12.2. The smallest absolute Gasteiger partial charge is 0.243 e. The van der Waals surface area contributed by atoms with Crippen LogP contribution in [0.15, 0.2) is 54.6 Å². The summed E-state index contributed by atoms with van der Waals surface area (Å²) < 4.78 is 26.2. The number of anilines is 1. The van der Waals surface area contributed by atoms with Gasteiger partial charge in [0.15, 0.2) is 0 Å². The summed E-state index contributed by atoms with van der Waals surface area (Å²) >= 11 is 0. The van der Waals surface area contributed by atoms with E-state index >= 15 is 0 Å². The summed E-state index contributed by atoms with van der Waals surface area (Å²) in [5, 5.41) is 2.99. The van der Waals surface area contributed by atoms with E-state index < -0.39 is 21.6 Å². The van der Waals surface area contributed by atoms with E-state index in [1.165, 1.54) is 10.6 Å². The molecule has 0 heterocycles. The second-order valence-electron chi connectivity index (χ2n) is 9.94. The zero-order valence-electron chi connectivity index (χ0n) is 21.7. The molecular formula is C27H39N3O4S. The molecule has 0 aliphatic rings. The van der Waals surface area contributed by atoms with Crippen molar-refractivity contribution in [3.63, 3.8) is 0 Å². The van der Waals surface area contributed by atoms with Crippen molar-refractivity contribution >= 4 is 27.5 Å². The molecule has 0 aliphatic heterocycles. The van der Waals surface area contributed by atoms with Crippen molar-refractivity contribution in [2.75, 3.05) is 17.1 Å². The molecule has 2 rings (SSSR count). The molecule has 0 saturated carbocycles. The number of sulfonamides is 1. The van der Waals surface area contributed by atoms with Gasteiger partial charge in [-0.1, -0.05) is 55.0 Å². The molecule has 35 heavy (non-hydrogen) atoms. The fraction of sp³-hybridized carbons (Fsp3) is 0.481. The van der Waals surface area contributed by atoms with E-state index in [9.17, 15) is 18.0 Å². The number of benzene rings is 2. The maximum absolute atomic E-state index is 13.4. The summed E-state index contributed by atoms with van der Waals surface area (Å²) in [6.07, 6.45) is 2.10. The molecule has 2 aromatic carbocycles. The Balaban J connectivity index is 2.20. The van der Waals surface area contributed by atoms with Gasteiger partial charge in [0.1, 0.15) is 6.04 Å². The number of carbonyl (C=O) groups is 2. The second-order valence-corrected chi connectivity index (χ2v) is 11.9. The van der Waals surface area contributed by atoms with Gasteiger partial charge in [0.05, 0.1) is 11.9 Å². The van der Waals surface area contributed by atoms with Gasteiger partial charge in [0.2, 0.25) is 21.8 Å². The average molecular weight is 502 g/mol. The summed E-state index contributed by atoms with van der Waals surface area (Å²) in [6, 6.07) is 16.2. The summed E-state index contributed by atoms with van der Waals surface area (Å²) in [4.78, 5) is 28.1. The number of hydrogen-bond acceptors (Lipinski definition) is 4. The molecule has 0 aliphatic carbocycles. The third-order valence-corrected chi connectivity index (χ3v) is 6.75. The summed E-state index contributed by atoms with van der Waals surface area (Å²) in [5.41, 5.74) is 2.12. The van der Waals surface area contributed by atoms with Crippen molar-refractivity contribution in [1.29, 1.82) is 0 Å². The van der Waals surface area contributed by atoms with Crippen LogP contribution in [0, 0.1) is 6.92 Å². The molecular weight excluding hydrogens is 462 g/mol. The Bertz CT molecular complexity index is 1080. The molecule has 1 unspecified atom stereocenters. The number of hydrogen-bond donors (Lipinski definition) is 1. The average Bonchev–Trinajstić information content (AvgIpc) is 2.76.